The quantitative estimate of drug-likeness (QED) is 0.0950. The first-order valence-corrected chi connectivity index (χ1v) is 15.4. The molecule has 0 saturated heterocycles. The van der Waals surface area contributed by atoms with Crippen LogP contribution in [0.1, 0.15) is 37.3 Å². The molecule has 2 nitrogen and oxygen atoms in total. The number of alkyl halides is 5. The van der Waals surface area contributed by atoms with Crippen LogP contribution in [0.25, 0.3) is 33.4 Å². The number of hydrogen-bond acceptors (Lipinski definition) is 2. The van der Waals surface area contributed by atoms with Crippen LogP contribution in [0, 0.1) is 29.1 Å². The van der Waals surface area contributed by atoms with Gasteiger partial charge in [0.1, 0.15) is 34.6 Å². The predicted octanol–water partition coefficient (Wildman–Crippen LogP) is 12.2. The van der Waals surface area contributed by atoms with Gasteiger partial charge in [-0.3, -0.25) is 0 Å². The summed E-state index contributed by atoms with van der Waals surface area (Å²) >= 11 is 0. The molecule has 5 rings (SSSR count). The van der Waals surface area contributed by atoms with Gasteiger partial charge in [-0.2, -0.15) is 22.0 Å². The van der Waals surface area contributed by atoms with Crippen LogP contribution in [0.2, 0.25) is 0 Å². The van der Waals surface area contributed by atoms with Crippen LogP contribution >= 0.6 is 0 Å². The molecule has 0 aliphatic rings. The van der Waals surface area contributed by atoms with E-state index in [-0.39, 0.29) is 22.3 Å². The summed E-state index contributed by atoms with van der Waals surface area (Å²) < 4.78 is 151. The lowest BCUT2D eigenvalue weighted by Gasteiger charge is -2.20. The van der Waals surface area contributed by atoms with Gasteiger partial charge in [0.15, 0.2) is 18.2 Å². The molecule has 0 heterocycles. The predicted molar refractivity (Wildman–Crippen MR) is 168 cm³/mol. The average molecular weight is 707 g/mol. The number of hydrogen-bond donors (Lipinski definition) is 0. The fourth-order valence-corrected chi connectivity index (χ4v) is 5.32. The van der Waals surface area contributed by atoms with Gasteiger partial charge in [-0.25, -0.2) is 22.0 Å². The molecule has 0 fully saturated rings. The molecule has 0 spiro atoms. The Balaban J connectivity index is 1.32. The van der Waals surface area contributed by atoms with Crippen molar-refractivity contribution in [3.63, 3.8) is 0 Å². The zero-order valence-electron chi connectivity index (χ0n) is 26.3. The van der Waals surface area contributed by atoms with Crippen LogP contribution in [0.4, 0.5) is 43.9 Å². The Labute approximate surface area is 280 Å². The molecule has 0 radical (unpaired) electrons. The molecule has 0 bridgehead atoms. The van der Waals surface area contributed by atoms with Gasteiger partial charge in [0, 0.05) is 17.2 Å². The third-order valence-electron chi connectivity index (χ3n) is 7.79. The molecule has 0 N–H and O–H groups in total. The lowest BCUT2D eigenvalue weighted by molar-refractivity contribution is -0.189. The van der Waals surface area contributed by atoms with E-state index < -0.39 is 65.0 Å². The van der Waals surface area contributed by atoms with Crippen LogP contribution in [-0.4, -0.2) is 12.8 Å². The van der Waals surface area contributed by atoms with Crippen molar-refractivity contribution in [2.24, 2.45) is 0 Å². The normalized spacial score (nSPS) is 11.9. The third-order valence-corrected chi connectivity index (χ3v) is 7.79. The van der Waals surface area contributed by atoms with E-state index in [1.54, 1.807) is 0 Å². The van der Waals surface area contributed by atoms with E-state index in [1.807, 2.05) is 24.3 Å². The molecule has 0 atom stereocenters. The Morgan fingerprint density at radius 2 is 1.10 bits per heavy atom. The maximum Gasteiger partial charge on any atom is 0.432 e. The van der Waals surface area contributed by atoms with Gasteiger partial charge in [0.2, 0.25) is 0 Å². The SMILES string of the molecule is CCCCCc1ccc(-c2ccc(-c3cc(F)c(C(F)(F)Oc4ccc(-c5ccc(OCC(F)(F)F)c(F)c5)c(F)c4)c(F)c3)c(F)c2)cc1. The molecule has 0 saturated carbocycles. The highest BCUT2D eigenvalue weighted by molar-refractivity contribution is 5.72. The number of aryl methyl sites for hydroxylation is 1. The van der Waals surface area contributed by atoms with E-state index in [0.717, 1.165) is 55.5 Å². The van der Waals surface area contributed by atoms with E-state index in [9.17, 15) is 22.0 Å². The molecular formula is C38H28F10O2. The molecule has 262 valence electrons. The molecule has 12 heteroatoms. The van der Waals surface area contributed by atoms with E-state index in [2.05, 4.69) is 16.4 Å². The number of halogens is 10. The molecule has 0 aliphatic carbocycles. The molecule has 50 heavy (non-hydrogen) atoms. The minimum absolute atomic E-state index is 0.179. The lowest BCUT2D eigenvalue weighted by atomic mass is 9.97. The number of unbranched alkanes of at least 4 members (excludes halogenated alkanes) is 2. The van der Waals surface area contributed by atoms with Crippen molar-refractivity contribution < 1.29 is 53.4 Å². The Morgan fingerprint density at radius 3 is 1.70 bits per heavy atom. The fourth-order valence-electron chi connectivity index (χ4n) is 5.32. The standard InChI is InChI=1S/C38H28F10O2/c1-2-3-4-5-22-6-8-23(9-7-22)24-10-13-29(30(39)16-24)26-18-33(42)36(34(43)19-26)38(47,48)50-27-12-14-28(31(40)20-27)25-11-15-35(32(41)17-25)49-21-37(44,45)46/h6-20H,2-5,21H2,1H3. The highest BCUT2D eigenvalue weighted by atomic mass is 19.4. The first-order valence-electron chi connectivity index (χ1n) is 15.4. The van der Waals surface area contributed by atoms with Crippen molar-refractivity contribution in [3.05, 3.63) is 131 Å². The third kappa shape index (κ3) is 8.58. The summed E-state index contributed by atoms with van der Waals surface area (Å²) in [6.07, 6.45) is -5.23. The Kier molecular flexibility index (Phi) is 10.8. The van der Waals surface area contributed by atoms with Crippen molar-refractivity contribution in [2.45, 2.75) is 44.9 Å². The summed E-state index contributed by atoms with van der Waals surface area (Å²) in [7, 11) is 0. The Morgan fingerprint density at radius 1 is 0.540 bits per heavy atom. The van der Waals surface area contributed by atoms with Gasteiger partial charge in [-0.05, 0) is 83.1 Å². The minimum atomic E-state index is -4.73. The van der Waals surface area contributed by atoms with Gasteiger partial charge in [0.25, 0.3) is 0 Å². The summed E-state index contributed by atoms with van der Waals surface area (Å²) in [6, 6.07) is 17.3. The number of benzene rings is 5. The lowest BCUT2D eigenvalue weighted by Crippen LogP contribution is -2.25. The zero-order valence-corrected chi connectivity index (χ0v) is 26.3. The van der Waals surface area contributed by atoms with Gasteiger partial charge >= 0.3 is 12.3 Å². The monoisotopic (exact) mass is 706 g/mol. The highest BCUT2D eigenvalue weighted by Gasteiger charge is 2.41. The molecule has 0 aromatic heterocycles. The zero-order chi connectivity index (χ0) is 36.2. The van der Waals surface area contributed by atoms with Crippen LogP contribution in [0.15, 0.2) is 91.0 Å². The summed E-state index contributed by atoms with van der Waals surface area (Å²) in [5.41, 5.74) is -0.590. The van der Waals surface area contributed by atoms with Crippen LogP contribution in [0.5, 0.6) is 11.5 Å². The van der Waals surface area contributed by atoms with Crippen LogP contribution in [0.3, 0.4) is 0 Å². The molecule has 5 aromatic rings. The Hall–Kier alpha value is -5.00. The van der Waals surface area contributed by atoms with Crippen molar-refractivity contribution in [3.8, 4) is 44.9 Å². The fraction of sp³-hybridized carbons (Fsp3) is 0.211. The first kappa shape index (κ1) is 36.3. The molecule has 0 amide bonds. The maximum absolute atomic E-state index is 15.2. The molecule has 5 aromatic carbocycles. The van der Waals surface area contributed by atoms with Crippen LogP contribution < -0.4 is 9.47 Å². The second kappa shape index (κ2) is 14.9. The van der Waals surface area contributed by atoms with Crippen LogP contribution in [-0.2, 0) is 12.5 Å². The summed E-state index contributed by atoms with van der Waals surface area (Å²) in [4.78, 5) is 0. The smallest absolute Gasteiger partial charge is 0.432 e. The average Bonchev–Trinajstić information content (AvgIpc) is 3.03. The molecular weight excluding hydrogens is 678 g/mol. The van der Waals surface area contributed by atoms with E-state index >= 15 is 22.0 Å². The topological polar surface area (TPSA) is 18.5 Å². The highest BCUT2D eigenvalue weighted by Crippen LogP contribution is 2.39. The van der Waals surface area contributed by atoms with Crippen molar-refractivity contribution >= 4 is 0 Å². The van der Waals surface area contributed by atoms with Gasteiger partial charge in [0.05, 0.1) is 0 Å². The van der Waals surface area contributed by atoms with Crippen molar-refractivity contribution in [2.75, 3.05) is 6.61 Å². The molecule has 0 unspecified atom stereocenters. The Bertz CT molecular complexity index is 1950. The number of rotatable bonds is 12. The molecule has 0 aliphatic heterocycles. The summed E-state index contributed by atoms with van der Waals surface area (Å²) in [5.74, 6) is -8.44. The first-order chi connectivity index (χ1) is 23.6. The van der Waals surface area contributed by atoms with E-state index in [4.69, 9.17) is 0 Å². The van der Waals surface area contributed by atoms with Gasteiger partial charge in [-0.15, -0.1) is 0 Å². The van der Waals surface area contributed by atoms with E-state index in [1.165, 1.54) is 18.2 Å². The van der Waals surface area contributed by atoms with Crippen molar-refractivity contribution in [1.82, 2.24) is 0 Å². The maximum atomic E-state index is 15.2. The minimum Gasteiger partial charge on any atom is -0.481 e. The summed E-state index contributed by atoms with van der Waals surface area (Å²) in [6.45, 7) is 0.348. The van der Waals surface area contributed by atoms with Gasteiger partial charge < -0.3 is 9.47 Å². The van der Waals surface area contributed by atoms with Gasteiger partial charge in [-0.1, -0.05) is 62.2 Å². The second-order valence-corrected chi connectivity index (χ2v) is 11.5. The van der Waals surface area contributed by atoms with Crippen molar-refractivity contribution in [1.29, 1.82) is 0 Å². The number of ether oxygens (including phenoxy) is 2. The largest absolute Gasteiger partial charge is 0.481 e. The second-order valence-electron chi connectivity index (χ2n) is 11.5. The summed E-state index contributed by atoms with van der Waals surface area (Å²) in [5, 5.41) is 0. The van der Waals surface area contributed by atoms with E-state index in [0.29, 0.717) is 35.4 Å².